The zero-order chi connectivity index (χ0) is 22.9. The summed E-state index contributed by atoms with van der Waals surface area (Å²) in [5, 5.41) is 1.12. The standard InChI is InChI=1S/C26H23N7O/c27-24-10-6-19(15-28-24)23-16-29-25(32-11-13-34-14-12-32)26-31-21(17-33(23)26)9-8-20-7-5-18-3-1-2-4-22(18)30-20/h1-10,15-17H,11-14H2,(H2,27,28)/b9-8+. The Morgan fingerprint density at radius 3 is 2.56 bits per heavy atom. The summed E-state index contributed by atoms with van der Waals surface area (Å²) in [7, 11) is 0. The second-order valence-electron chi connectivity index (χ2n) is 8.16. The zero-order valence-corrected chi connectivity index (χ0v) is 18.5. The molecule has 0 aliphatic carbocycles. The minimum Gasteiger partial charge on any atom is -0.384 e. The monoisotopic (exact) mass is 449 g/mol. The second kappa shape index (κ2) is 8.57. The normalized spacial score (nSPS) is 14.4. The molecule has 8 heteroatoms. The summed E-state index contributed by atoms with van der Waals surface area (Å²) in [6.07, 6.45) is 9.61. The van der Waals surface area contributed by atoms with E-state index in [4.69, 9.17) is 25.4 Å². The first-order valence-electron chi connectivity index (χ1n) is 11.2. The lowest BCUT2D eigenvalue weighted by atomic mass is 10.2. The van der Waals surface area contributed by atoms with Gasteiger partial charge in [-0.2, -0.15) is 0 Å². The topological polar surface area (TPSA) is 94.5 Å². The Hall–Kier alpha value is -4.30. The largest absolute Gasteiger partial charge is 0.384 e. The van der Waals surface area contributed by atoms with Crippen LogP contribution in [0, 0.1) is 0 Å². The maximum absolute atomic E-state index is 5.79. The molecule has 4 aromatic heterocycles. The number of imidazole rings is 1. The minimum absolute atomic E-state index is 0.482. The highest BCUT2D eigenvalue weighted by Gasteiger charge is 2.19. The molecule has 2 N–H and O–H groups in total. The first-order chi connectivity index (χ1) is 16.7. The number of anilines is 2. The van der Waals surface area contributed by atoms with Crippen LogP contribution in [-0.4, -0.2) is 50.6 Å². The molecule has 168 valence electrons. The number of hydrogen-bond donors (Lipinski definition) is 1. The molecule has 0 amide bonds. The number of morpholine rings is 1. The van der Waals surface area contributed by atoms with E-state index in [9.17, 15) is 0 Å². The molecule has 0 saturated carbocycles. The van der Waals surface area contributed by atoms with Crippen molar-refractivity contribution >= 4 is 40.3 Å². The molecular formula is C26H23N7O. The third-order valence-electron chi connectivity index (χ3n) is 5.93. The number of pyridine rings is 2. The van der Waals surface area contributed by atoms with Crippen LogP contribution in [0.15, 0.2) is 67.1 Å². The van der Waals surface area contributed by atoms with Gasteiger partial charge in [0.25, 0.3) is 0 Å². The van der Waals surface area contributed by atoms with Gasteiger partial charge in [-0.05, 0) is 36.4 Å². The van der Waals surface area contributed by atoms with E-state index < -0.39 is 0 Å². The van der Waals surface area contributed by atoms with Crippen molar-refractivity contribution < 1.29 is 4.74 Å². The average Bonchev–Trinajstić information content (AvgIpc) is 3.32. The molecule has 0 spiro atoms. The molecule has 1 aliphatic heterocycles. The third-order valence-corrected chi connectivity index (χ3v) is 5.93. The van der Waals surface area contributed by atoms with E-state index >= 15 is 0 Å². The van der Waals surface area contributed by atoms with Gasteiger partial charge in [0.15, 0.2) is 11.5 Å². The summed E-state index contributed by atoms with van der Waals surface area (Å²) in [5.41, 5.74) is 11.1. The maximum atomic E-state index is 5.79. The van der Waals surface area contributed by atoms with Crippen molar-refractivity contribution in [2.24, 2.45) is 0 Å². The van der Waals surface area contributed by atoms with E-state index in [1.807, 2.05) is 54.9 Å². The van der Waals surface area contributed by atoms with Crippen LogP contribution in [0.1, 0.15) is 11.4 Å². The SMILES string of the molecule is Nc1ccc(-c2cnc(N3CCOCC3)c3nc(/C=C/c4ccc5ccccc5n4)cn23)cn1. The Labute approximate surface area is 196 Å². The van der Waals surface area contributed by atoms with Gasteiger partial charge in [0.1, 0.15) is 5.82 Å². The van der Waals surface area contributed by atoms with Gasteiger partial charge in [0.05, 0.1) is 42.0 Å². The number of benzene rings is 1. The number of nitrogens with zero attached hydrogens (tertiary/aromatic N) is 6. The number of hydrogen-bond acceptors (Lipinski definition) is 7. The lowest BCUT2D eigenvalue weighted by Crippen LogP contribution is -2.37. The predicted molar refractivity (Wildman–Crippen MR) is 134 cm³/mol. The van der Waals surface area contributed by atoms with Crippen molar-refractivity contribution in [1.29, 1.82) is 0 Å². The lowest BCUT2D eigenvalue weighted by Gasteiger charge is -2.28. The number of nitrogens with two attached hydrogens (primary N) is 1. The first-order valence-corrected chi connectivity index (χ1v) is 11.2. The van der Waals surface area contributed by atoms with Gasteiger partial charge in [-0.15, -0.1) is 0 Å². The Morgan fingerprint density at radius 1 is 0.853 bits per heavy atom. The highest BCUT2D eigenvalue weighted by atomic mass is 16.5. The number of rotatable bonds is 4. The average molecular weight is 450 g/mol. The quantitative estimate of drug-likeness (QED) is 0.444. The molecule has 5 heterocycles. The highest BCUT2D eigenvalue weighted by Crippen LogP contribution is 2.27. The summed E-state index contributed by atoms with van der Waals surface area (Å²) in [6.45, 7) is 2.92. The van der Waals surface area contributed by atoms with Gasteiger partial charge >= 0.3 is 0 Å². The summed E-state index contributed by atoms with van der Waals surface area (Å²) in [6, 6.07) is 15.9. The number of fused-ring (bicyclic) bond motifs is 2. The fourth-order valence-corrected chi connectivity index (χ4v) is 4.18. The fraction of sp³-hybridized carbons (Fsp3) is 0.154. The van der Waals surface area contributed by atoms with Crippen LogP contribution in [-0.2, 0) is 4.74 Å². The van der Waals surface area contributed by atoms with Crippen LogP contribution in [0.5, 0.6) is 0 Å². The van der Waals surface area contributed by atoms with Crippen molar-refractivity contribution in [3.8, 4) is 11.3 Å². The third kappa shape index (κ3) is 3.84. The Balaban J connectivity index is 1.43. The van der Waals surface area contributed by atoms with Crippen LogP contribution >= 0.6 is 0 Å². The predicted octanol–water partition coefficient (Wildman–Crippen LogP) is 3.93. The molecule has 0 radical (unpaired) electrons. The molecule has 0 atom stereocenters. The van der Waals surface area contributed by atoms with Crippen LogP contribution in [0.2, 0.25) is 0 Å². The molecule has 6 rings (SSSR count). The van der Waals surface area contributed by atoms with Gasteiger partial charge in [0, 0.05) is 36.4 Å². The summed E-state index contributed by atoms with van der Waals surface area (Å²) in [5.74, 6) is 1.33. The van der Waals surface area contributed by atoms with Gasteiger partial charge in [0.2, 0.25) is 0 Å². The van der Waals surface area contributed by atoms with E-state index in [0.717, 1.165) is 58.1 Å². The summed E-state index contributed by atoms with van der Waals surface area (Å²) < 4.78 is 7.59. The van der Waals surface area contributed by atoms with E-state index in [-0.39, 0.29) is 0 Å². The molecule has 5 aromatic rings. The molecule has 0 unspecified atom stereocenters. The van der Waals surface area contributed by atoms with Crippen molar-refractivity contribution in [2.75, 3.05) is 36.9 Å². The summed E-state index contributed by atoms with van der Waals surface area (Å²) >= 11 is 0. The molecule has 0 bridgehead atoms. The van der Waals surface area contributed by atoms with Gasteiger partial charge in [-0.1, -0.05) is 24.3 Å². The van der Waals surface area contributed by atoms with E-state index in [1.165, 1.54) is 0 Å². The Morgan fingerprint density at radius 2 is 1.71 bits per heavy atom. The maximum Gasteiger partial charge on any atom is 0.181 e. The van der Waals surface area contributed by atoms with Crippen LogP contribution in [0.4, 0.5) is 11.6 Å². The van der Waals surface area contributed by atoms with Crippen molar-refractivity contribution in [2.45, 2.75) is 0 Å². The zero-order valence-electron chi connectivity index (χ0n) is 18.5. The number of ether oxygens (including phenoxy) is 1. The smallest absolute Gasteiger partial charge is 0.181 e. The van der Waals surface area contributed by atoms with Crippen LogP contribution in [0.3, 0.4) is 0 Å². The first kappa shape index (κ1) is 20.3. The second-order valence-corrected chi connectivity index (χ2v) is 8.16. The van der Waals surface area contributed by atoms with E-state index in [1.54, 1.807) is 12.3 Å². The van der Waals surface area contributed by atoms with Gasteiger partial charge in [-0.25, -0.2) is 19.9 Å². The van der Waals surface area contributed by atoms with Crippen LogP contribution < -0.4 is 10.6 Å². The molecule has 1 aliphatic rings. The highest BCUT2D eigenvalue weighted by molar-refractivity contribution is 5.81. The molecule has 1 saturated heterocycles. The lowest BCUT2D eigenvalue weighted by molar-refractivity contribution is 0.122. The van der Waals surface area contributed by atoms with Gasteiger partial charge in [-0.3, -0.25) is 4.40 Å². The van der Waals surface area contributed by atoms with Crippen molar-refractivity contribution in [3.63, 3.8) is 0 Å². The van der Waals surface area contributed by atoms with Crippen LogP contribution in [0.25, 0.3) is 40.0 Å². The number of aromatic nitrogens is 5. The molecule has 1 aromatic carbocycles. The van der Waals surface area contributed by atoms with Crippen molar-refractivity contribution in [1.82, 2.24) is 24.3 Å². The molecule has 1 fully saturated rings. The molecule has 8 nitrogen and oxygen atoms in total. The molecule has 34 heavy (non-hydrogen) atoms. The van der Waals surface area contributed by atoms with E-state index in [0.29, 0.717) is 19.0 Å². The van der Waals surface area contributed by atoms with E-state index in [2.05, 4.69) is 26.4 Å². The number of para-hydroxylation sites is 1. The fourth-order valence-electron chi connectivity index (χ4n) is 4.18. The molecular weight excluding hydrogens is 426 g/mol. The number of nitrogen functional groups attached to an aromatic ring is 1. The summed E-state index contributed by atoms with van der Waals surface area (Å²) in [4.78, 5) is 20.9. The Bertz CT molecular complexity index is 1500. The van der Waals surface area contributed by atoms with Gasteiger partial charge < -0.3 is 15.4 Å². The van der Waals surface area contributed by atoms with Crippen molar-refractivity contribution in [3.05, 3.63) is 78.5 Å². The Kier molecular flexibility index (Phi) is 5.12. The minimum atomic E-state index is 0.482.